The number of nitrogens with zero attached hydrogens (tertiary/aromatic N) is 4. The van der Waals surface area contributed by atoms with Crippen LogP contribution in [0.1, 0.15) is 58.0 Å². The molecule has 0 aromatic carbocycles. The van der Waals surface area contributed by atoms with Crippen molar-refractivity contribution in [3.8, 4) is 0 Å². The molecule has 2 aromatic rings. The maximum absolute atomic E-state index is 11.7. The zero-order valence-electron chi connectivity index (χ0n) is 13.9. The number of rotatable bonds is 5. The first-order valence-electron chi connectivity index (χ1n) is 8.67. The van der Waals surface area contributed by atoms with Crippen LogP contribution < -0.4 is 5.32 Å². The third-order valence-corrected chi connectivity index (χ3v) is 5.94. The Morgan fingerprint density at radius 3 is 3.08 bits per heavy atom. The third-order valence-electron chi connectivity index (χ3n) is 4.80. The van der Waals surface area contributed by atoms with Crippen LogP contribution in [0.3, 0.4) is 0 Å². The summed E-state index contributed by atoms with van der Waals surface area (Å²) >= 11 is 1.88. The van der Waals surface area contributed by atoms with E-state index in [9.17, 15) is 4.79 Å². The second-order valence-corrected chi connectivity index (χ2v) is 7.88. The second-order valence-electron chi connectivity index (χ2n) is 6.73. The quantitative estimate of drug-likeness (QED) is 0.904. The van der Waals surface area contributed by atoms with E-state index in [2.05, 4.69) is 26.5 Å². The van der Waals surface area contributed by atoms with Gasteiger partial charge in [-0.25, -0.2) is 4.98 Å². The zero-order valence-corrected chi connectivity index (χ0v) is 14.8. The van der Waals surface area contributed by atoms with Crippen molar-refractivity contribution in [2.45, 2.75) is 44.2 Å². The van der Waals surface area contributed by atoms with Gasteiger partial charge in [-0.1, -0.05) is 0 Å². The number of hydrogen-bond acceptors (Lipinski definition) is 5. The van der Waals surface area contributed by atoms with E-state index < -0.39 is 0 Å². The van der Waals surface area contributed by atoms with Gasteiger partial charge >= 0.3 is 0 Å². The Morgan fingerprint density at radius 2 is 2.29 bits per heavy atom. The molecule has 2 fully saturated rings. The molecule has 0 bridgehead atoms. The highest BCUT2D eigenvalue weighted by molar-refractivity contribution is 7.11. The van der Waals surface area contributed by atoms with Gasteiger partial charge in [-0.3, -0.25) is 14.4 Å². The first-order valence-corrected chi connectivity index (χ1v) is 9.49. The molecule has 1 aliphatic heterocycles. The number of amides is 1. The van der Waals surface area contributed by atoms with Crippen LogP contribution in [0.5, 0.6) is 0 Å². The van der Waals surface area contributed by atoms with Crippen molar-refractivity contribution in [3.05, 3.63) is 34.0 Å². The number of aromatic nitrogens is 3. The molecule has 1 saturated heterocycles. The highest BCUT2D eigenvalue weighted by Crippen LogP contribution is 2.42. The Morgan fingerprint density at radius 1 is 1.42 bits per heavy atom. The molecule has 0 spiro atoms. The van der Waals surface area contributed by atoms with E-state index in [1.807, 2.05) is 22.2 Å². The van der Waals surface area contributed by atoms with E-state index >= 15 is 0 Å². The largest absolute Gasteiger partial charge is 0.354 e. The molecule has 1 atom stereocenters. The van der Waals surface area contributed by atoms with Crippen molar-refractivity contribution in [1.29, 1.82) is 0 Å². The highest BCUT2D eigenvalue weighted by Gasteiger charge is 2.27. The van der Waals surface area contributed by atoms with Gasteiger partial charge < -0.3 is 5.32 Å². The Balaban J connectivity index is 1.39. The first kappa shape index (κ1) is 15.8. The summed E-state index contributed by atoms with van der Waals surface area (Å²) in [4.78, 5) is 20.1. The summed E-state index contributed by atoms with van der Waals surface area (Å²) < 4.78 is 1.96. The fraction of sp³-hybridized carbons (Fsp3) is 0.588. The molecular formula is C17H23N5OS. The molecule has 1 amide bonds. The second kappa shape index (κ2) is 6.64. The summed E-state index contributed by atoms with van der Waals surface area (Å²) in [6, 6.07) is 2.14. The Bertz CT molecular complexity index is 720. The van der Waals surface area contributed by atoms with Crippen molar-refractivity contribution in [3.63, 3.8) is 0 Å². The molecule has 3 heterocycles. The molecule has 1 aliphatic carbocycles. The summed E-state index contributed by atoms with van der Waals surface area (Å²) in [6.45, 7) is 3.08. The van der Waals surface area contributed by atoms with E-state index in [0.717, 1.165) is 38.4 Å². The number of carbonyl (C=O) groups is 1. The maximum Gasteiger partial charge on any atom is 0.271 e. The normalized spacial score (nSPS) is 21.8. The Kier molecular flexibility index (Phi) is 4.37. The van der Waals surface area contributed by atoms with E-state index in [0.29, 0.717) is 11.7 Å². The number of piperidine rings is 1. The summed E-state index contributed by atoms with van der Waals surface area (Å²) in [5.41, 5.74) is 0.492. The van der Waals surface area contributed by atoms with Crippen LogP contribution in [0, 0.1) is 0 Å². The Labute approximate surface area is 145 Å². The molecule has 1 N–H and O–H groups in total. The standard InChI is InChI=1S/C17H23N5OS/c1-18-16(23)15-6-8-22(20-15)13-3-2-7-21(10-13)11-14-9-19-17(24-14)12-4-5-12/h6,8-9,12-13H,2-5,7,10-11H2,1H3,(H,18,23). The summed E-state index contributed by atoms with van der Waals surface area (Å²) in [7, 11) is 1.63. The number of likely N-dealkylation sites (tertiary alicyclic amines) is 1. The molecule has 128 valence electrons. The van der Waals surface area contributed by atoms with Gasteiger partial charge in [0.25, 0.3) is 5.91 Å². The van der Waals surface area contributed by atoms with Gasteiger partial charge in [-0.15, -0.1) is 11.3 Å². The van der Waals surface area contributed by atoms with E-state index in [1.165, 1.54) is 22.7 Å². The molecule has 6 nitrogen and oxygen atoms in total. The van der Waals surface area contributed by atoms with E-state index in [-0.39, 0.29) is 5.91 Å². The lowest BCUT2D eigenvalue weighted by molar-refractivity contribution is 0.0955. The SMILES string of the molecule is CNC(=O)c1ccn(C2CCCN(Cc3cnc(C4CC4)s3)C2)n1. The lowest BCUT2D eigenvalue weighted by Gasteiger charge is -2.32. The van der Waals surface area contributed by atoms with E-state index in [4.69, 9.17) is 0 Å². The van der Waals surface area contributed by atoms with Gasteiger partial charge in [0.1, 0.15) is 5.69 Å². The lowest BCUT2D eigenvalue weighted by atomic mass is 10.1. The molecular weight excluding hydrogens is 322 g/mol. The number of thiazole rings is 1. The minimum atomic E-state index is -0.126. The van der Waals surface area contributed by atoms with Crippen molar-refractivity contribution >= 4 is 17.2 Å². The number of nitrogens with one attached hydrogen (secondary N) is 1. The van der Waals surface area contributed by atoms with Crippen molar-refractivity contribution in [1.82, 2.24) is 25.0 Å². The van der Waals surface area contributed by atoms with Crippen molar-refractivity contribution < 1.29 is 4.79 Å². The lowest BCUT2D eigenvalue weighted by Crippen LogP contribution is -2.36. The van der Waals surface area contributed by atoms with Crippen LogP contribution in [0.15, 0.2) is 18.5 Å². The molecule has 24 heavy (non-hydrogen) atoms. The molecule has 1 unspecified atom stereocenters. The number of carbonyl (C=O) groups excluding carboxylic acids is 1. The number of hydrogen-bond donors (Lipinski definition) is 1. The van der Waals surface area contributed by atoms with Crippen LogP contribution in [0.25, 0.3) is 0 Å². The molecule has 2 aliphatic rings. The van der Waals surface area contributed by atoms with Crippen LogP contribution in [0.4, 0.5) is 0 Å². The average molecular weight is 345 g/mol. The van der Waals surface area contributed by atoms with E-state index in [1.54, 1.807) is 13.1 Å². The van der Waals surface area contributed by atoms with Gasteiger partial charge in [0.15, 0.2) is 0 Å². The summed E-state index contributed by atoms with van der Waals surface area (Å²) in [6.07, 6.45) is 8.88. The summed E-state index contributed by atoms with van der Waals surface area (Å²) in [5.74, 6) is 0.615. The topological polar surface area (TPSA) is 63.1 Å². The van der Waals surface area contributed by atoms with Gasteiger partial charge in [0, 0.05) is 43.3 Å². The average Bonchev–Trinajstić information content (AvgIpc) is 3.15. The van der Waals surface area contributed by atoms with Crippen molar-refractivity contribution in [2.75, 3.05) is 20.1 Å². The zero-order chi connectivity index (χ0) is 16.5. The van der Waals surface area contributed by atoms with Gasteiger partial charge in [-0.05, 0) is 38.3 Å². The summed E-state index contributed by atoms with van der Waals surface area (Å²) in [5, 5.41) is 8.39. The van der Waals surface area contributed by atoms with Crippen LogP contribution in [-0.2, 0) is 6.54 Å². The fourth-order valence-electron chi connectivity index (χ4n) is 3.32. The predicted molar refractivity (Wildman–Crippen MR) is 93.3 cm³/mol. The highest BCUT2D eigenvalue weighted by atomic mass is 32.1. The smallest absolute Gasteiger partial charge is 0.271 e. The minimum absolute atomic E-state index is 0.126. The predicted octanol–water partition coefficient (Wildman–Crippen LogP) is 2.41. The fourth-order valence-corrected chi connectivity index (χ4v) is 4.45. The molecule has 4 rings (SSSR count). The first-order chi connectivity index (χ1) is 11.7. The Hall–Kier alpha value is -1.73. The van der Waals surface area contributed by atoms with Crippen molar-refractivity contribution in [2.24, 2.45) is 0 Å². The van der Waals surface area contributed by atoms with Gasteiger partial charge in [0.2, 0.25) is 0 Å². The maximum atomic E-state index is 11.7. The molecule has 1 saturated carbocycles. The van der Waals surface area contributed by atoms with Crippen LogP contribution >= 0.6 is 11.3 Å². The van der Waals surface area contributed by atoms with Gasteiger partial charge in [-0.2, -0.15) is 5.10 Å². The van der Waals surface area contributed by atoms with Crippen LogP contribution in [-0.4, -0.2) is 45.7 Å². The third kappa shape index (κ3) is 3.37. The monoisotopic (exact) mass is 345 g/mol. The van der Waals surface area contributed by atoms with Gasteiger partial charge in [0.05, 0.1) is 11.0 Å². The van der Waals surface area contributed by atoms with Crippen LogP contribution in [0.2, 0.25) is 0 Å². The molecule has 0 radical (unpaired) electrons. The molecule has 7 heteroatoms. The molecule has 2 aromatic heterocycles. The minimum Gasteiger partial charge on any atom is -0.354 e.